The third kappa shape index (κ3) is 3.95. The van der Waals surface area contributed by atoms with Gasteiger partial charge in [0.25, 0.3) is 0 Å². The van der Waals surface area contributed by atoms with Crippen LogP contribution in [-0.2, 0) is 14.3 Å². The third-order valence-electron chi connectivity index (χ3n) is 3.80. The minimum Gasteiger partial charge on any atom is -0.469 e. The number of rotatable bonds is 3. The highest BCUT2D eigenvalue weighted by Gasteiger charge is 2.26. The summed E-state index contributed by atoms with van der Waals surface area (Å²) >= 11 is 0. The van der Waals surface area contributed by atoms with Crippen LogP contribution in [0.5, 0.6) is 0 Å². The predicted octanol–water partition coefficient (Wildman–Crippen LogP) is 1.98. The largest absolute Gasteiger partial charge is 0.469 e. The summed E-state index contributed by atoms with van der Waals surface area (Å²) in [5, 5.41) is 8.73. The Bertz CT molecular complexity index is 606. The number of methoxy groups -OCH3 is 1. The van der Waals surface area contributed by atoms with Gasteiger partial charge in [-0.15, -0.1) is 0 Å². The number of nitrogens with zero attached hydrogens (tertiary/aromatic N) is 2. The molecule has 0 spiro atoms. The van der Waals surface area contributed by atoms with Gasteiger partial charge in [0, 0.05) is 19.2 Å². The van der Waals surface area contributed by atoms with E-state index >= 15 is 0 Å². The second-order valence-electron chi connectivity index (χ2n) is 5.19. The monoisotopic (exact) mass is 298 g/mol. The number of likely N-dealkylation sites (tertiary alicyclic amines) is 1. The molecule has 0 radical (unpaired) electrons. The Labute approximate surface area is 129 Å². The number of ether oxygens (including phenoxy) is 1. The third-order valence-corrected chi connectivity index (χ3v) is 3.80. The molecule has 0 aromatic heterocycles. The van der Waals surface area contributed by atoms with Crippen LogP contribution in [-0.4, -0.2) is 37.0 Å². The smallest absolute Gasteiger partial charge is 0.308 e. The number of nitriles is 1. The van der Waals surface area contributed by atoms with Crippen molar-refractivity contribution in [3.05, 3.63) is 41.5 Å². The van der Waals surface area contributed by atoms with E-state index < -0.39 is 0 Å². The minimum absolute atomic E-state index is 0.0623. The lowest BCUT2D eigenvalue weighted by atomic mass is 9.97. The molecule has 1 aliphatic heterocycles. The van der Waals surface area contributed by atoms with Crippen molar-refractivity contribution in [1.82, 2.24) is 4.90 Å². The normalized spacial score (nSPS) is 15.5. The molecule has 114 valence electrons. The summed E-state index contributed by atoms with van der Waals surface area (Å²) in [6, 6.07) is 9.08. The number of hydrogen-bond donors (Lipinski definition) is 0. The van der Waals surface area contributed by atoms with E-state index in [4.69, 9.17) is 10.00 Å². The quantitative estimate of drug-likeness (QED) is 0.632. The molecule has 2 rings (SSSR count). The molecule has 1 heterocycles. The number of carbonyl (C=O) groups excluding carboxylic acids is 2. The van der Waals surface area contributed by atoms with Crippen LogP contribution in [0.2, 0.25) is 0 Å². The molecule has 1 saturated heterocycles. The van der Waals surface area contributed by atoms with Crippen LogP contribution in [0.1, 0.15) is 24.0 Å². The van der Waals surface area contributed by atoms with E-state index in [0.717, 1.165) is 5.56 Å². The summed E-state index contributed by atoms with van der Waals surface area (Å²) in [5.41, 5.74) is 1.46. The first-order chi connectivity index (χ1) is 10.6. The topological polar surface area (TPSA) is 70.4 Å². The molecule has 5 heteroatoms. The van der Waals surface area contributed by atoms with E-state index in [1.807, 2.05) is 0 Å². The number of hydrogen-bond acceptors (Lipinski definition) is 4. The number of amides is 1. The van der Waals surface area contributed by atoms with Gasteiger partial charge < -0.3 is 9.64 Å². The van der Waals surface area contributed by atoms with Crippen LogP contribution in [0.4, 0.5) is 0 Å². The van der Waals surface area contributed by atoms with Crippen molar-refractivity contribution >= 4 is 18.0 Å². The van der Waals surface area contributed by atoms with Crippen molar-refractivity contribution in [3.63, 3.8) is 0 Å². The Hall–Kier alpha value is -2.61. The molecular formula is C17H18N2O3. The fourth-order valence-corrected chi connectivity index (χ4v) is 2.44. The average Bonchev–Trinajstić information content (AvgIpc) is 2.59. The zero-order chi connectivity index (χ0) is 15.9. The minimum atomic E-state index is -0.194. The number of piperidine rings is 1. The van der Waals surface area contributed by atoms with E-state index in [2.05, 4.69) is 6.07 Å². The fourth-order valence-electron chi connectivity index (χ4n) is 2.44. The Morgan fingerprint density at radius 2 is 1.91 bits per heavy atom. The maximum Gasteiger partial charge on any atom is 0.308 e. The maximum atomic E-state index is 12.1. The van der Waals surface area contributed by atoms with Crippen LogP contribution < -0.4 is 0 Å². The molecule has 1 aliphatic rings. The number of esters is 1. The van der Waals surface area contributed by atoms with Gasteiger partial charge in [0.15, 0.2) is 0 Å². The van der Waals surface area contributed by atoms with E-state index in [0.29, 0.717) is 31.5 Å². The predicted molar refractivity (Wildman–Crippen MR) is 81.5 cm³/mol. The van der Waals surface area contributed by atoms with Gasteiger partial charge in [0.1, 0.15) is 0 Å². The van der Waals surface area contributed by atoms with Gasteiger partial charge in [-0.05, 0) is 36.6 Å². The van der Waals surface area contributed by atoms with Crippen molar-refractivity contribution in [1.29, 1.82) is 5.26 Å². The fraction of sp³-hybridized carbons (Fsp3) is 0.353. The summed E-state index contributed by atoms with van der Waals surface area (Å²) < 4.78 is 4.73. The molecule has 1 amide bonds. The Morgan fingerprint density at radius 3 is 2.45 bits per heavy atom. The Morgan fingerprint density at radius 1 is 1.27 bits per heavy atom. The first-order valence-corrected chi connectivity index (χ1v) is 7.19. The lowest BCUT2D eigenvalue weighted by Crippen LogP contribution is -2.39. The van der Waals surface area contributed by atoms with Crippen molar-refractivity contribution in [2.45, 2.75) is 12.8 Å². The summed E-state index contributed by atoms with van der Waals surface area (Å²) in [4.78, 5) is 25.3. The summed E-state index contributed by atoms with van der Waals surface area (Å²) in [6.07, 6.45) is 4.54. The zero-order valence-corrected chi connectivity index (χ0v) is 12.5. The first kappa shape index (κ1) is 15.8. The van der Waals surface area contributed by atoms with Crippen LogP contribution >= 0.6 is 0 Å². The van der Waals surface area contributed by atoms with Gasteiger partial charge in [-0.1, -0.05) is 12.1 Å². The van der Waals surface area contributed by atoms with Gasteiger partial charge in [-0.2, -0.15) is 5.26 Å². The van der Waals surface area contributed by atoms with Crippen LogP contribution in [0.25, 0.3) is 6.08 Å². The van der Waals surface area contributed by atoms with Crippen LogP contribution in [0.3, 0.4) is 0 Å². The van der Waals surface area contributed by atoms with Gasteiger partial charge >= 0.3 is 5.97 Å². The van der Waals surface area contributed by atoms with E-state index in [1.54, 1.807) is 35.2 Å². The van der Waals surface area contributed by atoms with Crippen LogP contribution in [0.15, 0.2) is 30.3 Å². The molecular weight excluding hydrogens is 280 g/mol. The van der Waals surface area contributed by atoms with Gasteiger partial charge in [-0.25, -0.2) is 0 Å². The van der Waals surface area contributed by atoms with E-state index in [1.165, 1.54) is 13.2 Å². The highest BCUT2D eigenvalue weighted by Crippen LogP contribution is 2.18. The first-order valence-electron chi connectivity index (χ1n) is 7.19. The maximum absolute atomic E-state index is 12.1. The van der Waals surface area contributed by atoms with Gasteiger partial charge in [-0.3, -0.25) is 9.59 Å². The summed E-state index contributed by atoms with van der Waals surface area (Å²) in [7, 11) is 1.39. The second kappa shape index (κ2) is 7.41. The molecule has 1 aromatic rings. The van der Waals surface area contributed by atoms with Crippen molar-refractivity contribution in [2.75, 3.05) is 20.2 Å². The molecule has 22 heavy (non-hydrogen) atoms. The molecule has 1 fully saturated rings. The molecule has 1 aromatic carbocycles. The molecule has 0 saturated carbocycles. The zero-order valence-electron chi connectivity index (χ0n) is 12.5. The van der Waals surface area contributed by atoms with Crippen molar-refractivity contribution < 1.29 is 14.3 Å². The highest BCUT2D eigenvalue weighted by atomic mass is 16.5. The molecule has 0 N–H and O–H groups in total. The van der Waals surface area contributed by atoms with Crippen molar-refractivity contribution in [2.24, 2.45) is 5.92 Å². The summed E-state index contributed by atoms with van der Waals surface area (Å²) in [5.74, 6) is -0.357. The number of carbonyl (C=O) groups is 2. The molecule has 5 nitrogen and oxygen atoms in total. The summed E-state index contributed by atoms with van der Waals surface area (Å²) in [6.45, 7) is 1.13. The molecule has 0 aliphatic carbocycles. The molecule has 0 unspecified atom stereocenters. The standard InChI is InChI=1S/C17H18N2O3/c1-22-17(21)15-8-10-19(11-9-15)16(20)7-6-13-2-4-14(12-18)5-3-13/h2-7,15H,8-11H2,1H3. The molecule has 0 bridgehead atoms. The van der Waals surface area contributed by atoms with E-state index in [-0.39, 0.29) is 17.8 Å². The Kier molecular flexibility index (Phi) is 5.31. The van der Waals surface area contributed by atoms with Crippen molar-refractivity contribution in [3.8, 4) is 6.07 Å². The SMILES string of the molecule is COC(=O)C1CCN(C(=O)C=Cc2ccc(C#N)cc2)CC1. The Balaban J connectivity index is 1.89. The second-order valence-corrected chi connectivity index (χ2v) is 5.19. The van der Waals surface area contributed by atoms with Crippen LogP contribution in [0, 0.1) is 17.2 Å². The number of benzene rings is 1. The molecule has 0 atom stereocenters. The van der Waals surface area contributed by atoms with Gasteiger partial charge in [0.05, 0.1) is 24.7 Å². The van der Waals surface area contributed by atoms with E-state index in [9.17, 15) is 9.59 Å². The lowest BCUT2D eigenvalue weighted by molar-refractivity contribution is -0.148. The lowest BCUT2D eigenvalue weighted by Gasteiger charge is -2.29. The van der Waals surface area contributed by atoms with Gasteiger partial charge in [0.2, 0.25) is 5.91 Å². The average molecular weight is 298 g/mol. The highest BCUT2D eigenvalue weighted by molar-refractivity contribution is 5.92.